The molecule has 0 saturated heterocycles. The van der Waals surface area contributed by atoms with Crippen molar-refractivity contribution in [1.29, 1.82) is 0 Å². The maximum absolute atomic E-state index is 12.2. The van der Waals surface area contributed by atoms with Gasteiger partial charge < -0.3 is 10.2 Å². The lowest BCUT2D eigenvalue weighted by Gasteiger charge is -2.47. The minimum Gasteiger partial charge on any atom is -0.335 e. The Labute approximate surface area is 129 Å². The predicted molar refractivity (Wildman–Crippen MR) is 86.1 cm³/mol. The van der Waals surface area contributed by atoms with E-state index in [-0.39, 0.29) is 18.6 Å². The van der Waals surface area contributed by atoms with Crippen molar-refractivity contribution >= 4 is 15.9 Å². The van der Waals surface area contributed by atoms with Crippen molar-refractivity contribution in [1.82, 2.24) is 10.2 Å². The number of urea groups is 1. The molecule has 0 bridgehead atoms. The molecule has 0 unspecified atom stereocenters. The molecule has 1 aliphatic carbocycles. The fraction of sp³-hybridized carbons (Fsp3) is 0.933. The number of carbonyl (C=O) groups is 1. The van der Waals surface area contributed by atoms with Crippen molar-refractivity contribution in [3.05, 3.63) is 0 Å². The Kier molecular flexibility index (Phi) is 5.35. The van der Waals surface area contributed by atoms with Gasteiger partial charge in [0.1, 0.15) is 0 Å². The predicted octanol–water partition coefficient (Wildman–Crippen LogP) is 2.42. The summed E-state index contributed by atoms with van der Waals surface area (Å²) in [5, 5.41) is 3.01. The molecule has 124 valence electrons. The molecule has 0 aromatic rings. The number of nitrogens with one attached hydrogen (secondary N) is 1. The van der Waals surface area contributed by atoms with Gasteiger partial charge in [-0.05, 0) is 32.1 Å². The van der Waals surface area contributed by atoms with Crippen molar-refractivity contribution in [3.8, 4) is 0 Å². The first kappa shape index (κ1) is 18.3. The molecule has 0 aliphatic heterocycles. The van der Waals surface area contributed by atoms with Gasteiger partial charge in [-0.25, -0.2) is 13.2 Å². The normalized spacial score (nSPS) is 19.0. The molecule has 6 heteroatoms. The van der Waals surface area contributed by atoms with Gasteiger partial charge >= 0.3 is 6.03 Å². The highest BCUT2D eigenvalue weighted by Crippen LogP contribution is 2.46. The Morgan fingerprint density at radius 2 is 1.76 bits per heavy atom. The zero-order valence-electron chi connectivity index (χ0n) is 14.2. The quantitative estimate of drug-likeness (QED) is 0.818. The van der Waals surface area contributed by atoms with E-state index in [2.05, 4.69) is 19.2 Å². The van der Waals surface area contributed by atoms with Crippen molar-refractivity contribution in [3.63, 3.8) is 0 Å². The third kappa shape index (κ3) is 4.11. The molecule has 0 spiro atoms. The summed E-state index contributed by atoms with van der Waals surface area (Å²) in [4.78, 5) is 13.6. The van der Waals surface area contributed by atoms with Gasteiger partial charge in [-0.1, -0.05) is 26.7 Å². The molecule has 0 aromatic heterocycles. The summed E-state index contributed by atoms with van der Waals surface area (Å²) in [6, 6.07) is 0.0405. The minimum atomic E-state index is -3.20. The number of carbonyl (C=O) groups excluding carboxylic acids is 1. The van der Waals surface area contributed by atoms with E-state index in [0.29, 0.717) is 5.41 Å². The lowest BCUT2D eigenvalue weighted by Crippen LogP contribution is -2.55. The largest absolute Gasteiger partial charge is 0.335 e. The van der Waals surface area contributed by atoms with Crippen LogP contribution >= 0.6 is 0 Å². The van der Waals surface area contributed by atoms with Gasteiger partial charge in [-0.2, -0.15) is 0 Å². The lowest BCUT2D eigenvalue weighted by molar-refractivity contribution is 0.0734. The van der Waals surface area contributed by atoms with Crippen LogP contribution in [0.3, 0.4) is 0 Å². The molecule has 1 rings (SSSR count). The Morgan fingerprint density at radius 1 is 1.29 bits per heavy atom. The summed E-state index contributed by atoms with van der Waals surface area (Å²) in [7, 11) is -1.55. The third-order valence-electron chi connectivity index (χ3n) is 5.15. The number of rotatable bonds is 6. The molecule has 0 heterocycles. The Balaban J connectivity index is 2.51. The smallest absolute Gasteiger partial charge is 0.317 e. The van der Waals surface area contributed by atoms with Crippen LogP contribution in [0.4, 0.5) is 4.79 Å². The maximum Gasteiger partial charge on any atom is 0.317 e. The van der Waals surface area contributed by atoms with Crippen LogP contribution in [-0.2, 0) is 9.84 Å². The van der Waals surface area contributed by atoms with E-state index in [1.807, 2.05) is 0 Å². The highest BCUT2D eigenvalue weighted by atomic mass is 32.2. The fourth-order valence-corrected chi connectivity index (χ4v) is 3.39. The van der Waals surface area contributed by atoms with Crippen LogP contribution in [0.5, 0.6) is 0 Å². The summed E-state index contributed by atoms with van der Waals surface area (Å²) >= 11 is 0. The minimum absolute atomic E-state index is 0.183. The van der Waals surface area contributed by atoms with Crippen molar-refractivity contribution in [2.45, 2.75) is 64.2 Å². The van der Waals surface area contributed by atoms with Gasteiger partial charge in [-0.3, -0.25) is 0 Å². The van der Waals surface area contributed by atoms with E-state index in [1.165, 1.54) is 11.2 Å². The Bertz CT molecular complexity index is 473. The first-order valence-corrected chi connectivity index (χ1v) is 9.57. The van der Waals surface area contributed by atoms with Gasteiger partial charge in [0.2, 0.25) is 0 Å². The molecule has 0 radical (unpaired) electrons. The molecule has 0 aromatic carbocycles. The second-order valence-electron chi connectivity index (χ2n) is 7.15. The van der Waals surface area contributed by atoms with Crippen LogP contribution in [-0.4, -0.2) is 50.0 Å². The first-order chi connectivity index (χ1) is 9.46. The van der Waals surface area contributed by atoms with Gasteiger partial charge in [0.05, 0.1) is 4.75 Å². The molecule has 1 fully saturated rings. The molecular weight excluding hydrogens is 288 g/mol. The van der Waals surface area contributed by atoms with Crippen LogP contribution in [0.15, 0.2) is 0 Å². The summed E-state index contributed by atoms with van der Waals surface area (Å²) < 4.78 is 22.5. The number of nitrogens with zero attached hydrogens (tertiary/aromatic N) is 1. The summed E-state index contributed by atoms with van der Waals surface area (Å²) in [6.07, 6.45) is 5.55. The monoisotopic (exact) mass is 318 g/mol. The van der Waals surface area contributed by atoms with Crippen LogP contribution < -0.4 is 5.32 Å². The van der Waals surface area contributed by atoms with E-state index in [0.717, 1.165) is 25.7 Å². The number of hydrogen-bond donors (Lipinski definition) is 1. The third-order valence-corrected chi connectivity index (χ3v) is 7.29. The van der Waals surface area contributed by atoms with E-state index in [1.54, 1.807) is 20.9 Å². The summed E-state index contributed by atoms with van der Waals surface area (Å²) in [5.41, 5.74) is 0.391. The zero-order valence-corrected chi connectivity index (χ0v) is 15.0. The van der Waals surface area contributed by atoms with Crippen LogP contribution in [0.2, 0.25) is 0 Å². The average Bonchev–Trinajstić information content (AvgIpc) is 2.31. The highest BCUT2D eigenvalue weighted by molar-refractivity contribution is 7.92. The second kappa shape index (κ2) is 6.15. The van der Waals surface area contributed by atoms with Crippen molar-refractivity contribution < 1.29 is 13.2 Å². The Morgan fingerprint density at radius 3 is 2.14 bits per heavy atom. The topological polar surface area (TPSA) is 66.5 Å². The molecule has 1 aliphatic rings. The number of sulfone groups is 1. The molecule has 2 amide bonds. The first-order valence-electron chi connectivity index (χ1n) is 7.67. The van der Waals surface area contributed by atoms with E-state index >= 15 is 0 Å². The van der Waals surface area contributed by atoms with Crippen LogP contribution in [0.25, 0.3) is 0 Å². The number of hydrogen-bond acceptors (Lipinski definition) is 3. The highest BCUT2D eigenvalue weighted by Gasteiger charge is 2.42. The summed E-state index contributed by atoms with van der Waals surface area (Å²) in [6.45, 7) is 7.88. The van der Waals surface area contributed by atoms with Crippen molar-refractivity contribution in [2.24, 2.45) is 5.41 Å². The number of amides is 2. The SMILES string of the molecule is CCC1(CC)CC(NC(=O)N(C)CC(C)(C)S(C)(=O)=O)C1. The van der Waals surface area contributed by atoms with Gasteiger partial charge in [-0.15, -0.1) is 0 Å². The lowest BCUT2D eigenvalue weighted by atomic mass is 9.62. The van der Waals surface area contributed by atoms with Gasteiger partial charge in [0.15, 0.2) is 9.84 Å². The second-order valence-corrected chi connectivity index (χ2v) is 9.80. The van der Waals surface area contributed by atoms with Gasteiger partial charge in [0, 0.05) is 25.9 Å². The fourth-order valence-electron chi connectivity index (χ4n) is 2.96. The molecule has 1 saturated carbocycles. The standard InChI is InChI=1S/C15H30N2O3S/c1-7-15(8-2)9-12(10-15)16-13(18)17(5)11-14(3,4)21(6,19)20/h12H,7-11H2,1-6H3,(H,16,18). The van der Waals surface area contributed by atoms with Crippen LogP contribution in [0, 0.1) is 5.41 Å². The van der Waals surface area contributed by atoms with E-state index in [4.69, 9.17) is 0 Å². The van der Waals surface area contributed by atoms with E-state index in [9.17, 15) is 13.2 Å². The Hall–Kier alpha value is -0.780. The molecule has 0 atom stereocenters. The molecule has 1 N–H and O–H groups in total. The van der Waals surface area contributed by atoms with Crippen LogP contribution in [0.1, 0.15) is 53.4 Å². The summed E-state index contributed by atoms with van der Waals surface area (Å²) in [5.74, 6) is 0. The molecular formula is C15H30N2O3S. The molecule has 5 nitrogen and oxygen atoms in total. The van der Waals surface area contributed by atoms with E-state index < -0.39 is 14.6 Å². The van der Waals surface area contributed by atoms with Gasteiger partial charge in [0.25, 0.3) is 0 Å². The maximum atomic E-state index is 12.2. The molecule has 21 heavy (non-hydrogen) atoms. The zero-order chi connectivity index (χ0) is 16.5. The average molecular weight is 318 g/mol. The van der Waals surface area contributed by atoms with Crippen molar-refractivity contribution in [2.75, 3.05) is 19.8 Å².